The lowest BCUT2D eigenvalue weighted by atomic mass is 10.1. The number of fused-ring (bicyclic) bond motifs is 1. The highest BCUT2D eigenvalue weighted by Gasteiger charge is 2.19. The van der Waals surface area contributed by atoms with Crippen LogP contribution in [0.1, 0.15) is 16.1 Å². The summed E-state index contributed by atoms with van der Waals surface area (Å²) < 4.78 is 16.7. The van der Waals surface area contributed by atoms with Gasteiger partial charge in [0.15, 0.2) is 17.1 Å². The number of halogens is 1. The molecule has 0 spiro atoms. The molecule has 0 saturated carbocycles. The number of anilines is 1. The number of methoxy groups -OCH3 is 1. The molecule has 0 aliphatic carbocycles. The Morgan fingerprint density at radius 2 is 1.89 bits per heavy atom. The highest BCUT2D eigenvalue weighted by molar-refractivity contribution is 6.05. The average molecular weight is 403 g/mol. The zero-order valence-electron chi connectivity index (χ0n) is 15.6. The third-order valence-corrected chi connectivity index (χ3v) is 4.71. The Bertz CT molecular complexity index is 936. The van der Waals surface area contributed by atoms with E-state index in [9.17, 15) is 4.79 Å². The molecule has 28 heavy (non-hydrogen) atoms. The van der Waals surface area contributed by atoms with E-state index in [4.69, 9.17) is 13.9 Å². The highest BCUT2D eigenvalue weighted by atomic mass is 35.5. The first-order valence-electron chi connectivity index (χ1n) is 9.00. The fourth-order valence-corrected chi connectivity index (χ4v) is 3.28. The first kappa shape index (κ1) is 20.2. The number of carbonyl (C=O) groups is 1. The predicted molar refractivity (Wildman–Crippen MR) is 111 cm³/mol. The second-order valence-corrected chi connectivity index (χ2v) is 6.49. The Balaban J connectivity index is 0.00000225. The Morgan fingerprint density at radius 1 is 1.14 bits per heavy atom. The largest absolute Gasteiger partial charge is 0.493 e. The van der Waals surface area contributed by atoms with Crippen LogP contribution in [0.3, 0.4) is 0 Å². The maximum Gasteiger partial charge on any atom is 0.291 e. The third kappa shape index (κ3) is 4.30. The molecular weight excluding hydrogens is 380 g/mol. The van der Waals surface area contributed by atoms with Gasteiger partial charge in [-0.1, -0.05) is 24.3 Å². The van der Waals surface area contributed by atoms with Gasteiger partial charge in [-0.2, -0.15) is 0 Å². The summed E-state index contributed by atoms with van der Waals surface area (Å²) in [6, 6.07) is 15.0. The van der Waals surface area contributed by atoms with Crippen molar-refractivity contribution < 1.29 is 18.7 Å². The highest BCUT2D eigenvalue weighted by Crippen LogP contribution is 2.32. The molecule has 2 heterocycles. The fourth-order valence-electron chi connectivity index (χ4n) is 3.28. The SMILES string of the molecule is COc1ccc(CN2CCOCC2)c2cc(C(=O)Nc3ccccc3)oc12.Cl. The van der Waals surface area contributed by atoms with Gasteiger partial charge in [0, 0.05) is 30.7 Å². The minimum atomic E-state index is -0.281. The molecule has 1 aromatic heterocycles. The fraction of sp³-hybridized carbons (Fsp3) is 0.286. The summed E-state index contributed by atoms with van der Waals surface area (Å²) >= 11 is 0. The lowest BCUT2D eigenvalue weighted by molar-refractivity contribution is 0.0343. The smallest absolute Gasteiger partial charge is 0.291 e. The van der Waals surface area contributed by atoms with Gasteiger partial charge in [-0.15, -0.1) is 12.4 Å². The second-order valence-electron chi connectivity index (χ2n) is 6.49. The maximum absolute atomic E-state index is 12.6. The standard InChI is InChI=1S/C21H22N2O4.ClH/c1-25-18-8-7-15(14-23-9-11-26-12-10-23)17-13-19(27-20(17)18)21(24)22-16-5-3-2-4-6-16;/h2-8,13H,9-12,14H2,1H3,(H,22,24);1H. The minimum Gasteiger partial charge on any atom is -0.493 e. The number of morpholine rings is 1. The van der Waals surface area contributed by atoms with Crippen molar-refractivity contribution in [2.24, 2.45) is 0 Å². The molecule has 1 saturated heterocycles. The van der Waals surface area contributed by atoms with E-state index >= 15 is 0 Å². The van der Waals surface area contributed by atoms with Crippen molar-refractivity contribution in [3.63, 3.8) is 0 Å². The van der Waals surface area contributed by atoms with E-state index < -0.39 is 0 Å². The van der Waals surface area contributed by atoms with Gasteiger partial charge in [0.25, 0.3) is 5.91 Å². The maximum atomic E-state index is 12.6. The van der Waals surface area contributed by atoms with E-state index in [0.717, 1.165) is 49.5 Å². The third-order valence-electron chi connectivity index (χ3n) is 4.71. The monoisotopic (exact) mass is 402 g/mol. The first-order valence-corrected chi connectivity index (χ1v) is 9.00. The molecule has 1 aliphatic rings. The molecule has 6 nitrogen and oxygen atoms in total. The summed E-state index contributed by atoms with van der Waals surface area (Å²) in [5.41, 5.74) is 2.43. The number of hydrogen-bond acceptors (Lipinski definition) is 5. The van der Waals surface area contributed by atoms with Crippen LogP contribution in [0.4, 0.5) is 5.69 Å². The quantitative estimate of drug-likeness (QED) is 0.700. The number of rotatable bonds is 5. The van der Waals surface area contributed by atoms with Crippen molar-refractivity contribution in [2.45, 2.75) is 6.54 Å². The van der Waals surface area contributed by atoms with E-state index in [0.29, 0.717) is 11.3 Å². The summed E-state index contributed by atoms with van der Waals surface area (Å²) in [7, 11) is 1.60. The van der Waals surface area contributed by atoms with Crippen LogP contribution < -0.4 is 10.1 Å². The number of nitrogens with zero attached hydrogens (tertiary/aromatic N) is 1. The zero-order chi connectivity index (χ0) is 18.6. The molecule has 0 bridgehead atoms. The predicted octanol–water partition coefficient (Wildman–Crippen LogP) is 3.95. The van der Waals surface area contributed by atoms with Crippen LogP contribution in [0.15, 0.2) is 52.9 Å². The van der Waals surface area contributed by atoms with Gasteiger partial charge in [0.05, 0.1) is 20.3 Å². The Hall–Kier alpha value is -2.54. The van der Waals surface area contributed by atoms with Gasteiger partial charge in [-0.3, -0.25) is 9.69 Å². The molecule has 0 radical (unpaired) electrons. The Labute approximate surface area is 169 Å². The number of ether oxygens (including phenoxy) is 2. The lowest BCUT2D eigenvalue weighted by Gasteiger charge is -2.26. The zero-order valence-corrected chi connectivity index (χ0v) is 16.5. The van der Waals surface area contributed by atoms with Crippen LogP contribution in [0, 0.1) is 0 Å². The molecule has 1 aliphatic heterocycles. The lowest BCUT2D eigenvalue weighted by Crippen LogP contribution is -2.35. The summed E-state index contributed by atoms with van der Waals surface area (Å²) in [5, 5.41) is 3.76. The van der Waals surface area contributed by atoms with Gasteiger partial charge < -0.3 is 19.2 Å². The van der Waals surface area contributed by atoms with E-state index in [2.05, 4.69) is 10.2 Å². The van der Waals surface area contributed by atoms with Crippen molar-refractivity contribution in [1.29, 1.82) is 0 Å². The molecular formula is C21H23ClN2O4. The summed E-state index contributed by atoms with van der Waals surface area (Å²) in [6.07, 6.45) is 0. The topological polar surface area (TPSA) is 63.9 Å². The summed E-state index contributed by atoms with van der Waals surface area (Å²) in [5.74, 6) is 0.604. The van der Waals surface area contributed by atoms with Gasteiger partial charge >= 0.3 is 0 Å². The van der Waals surface area contributed by atoms with Gasteiger partial charge in [-0.05, 0) is 29.8 Å². The van der Waals surface area contributed by atoms with Crippen LogP contribution in [0.2, 0.25) is 0 Å². The number of nitrogens with one attached hydrogen (secondary N) is 1. The Morgan fingerprint density at radius 3 is 2.61 bits per heavy atom. The van der Waals surface area contributed by atoms with E-state index in [1.54, 1.807) is 13.2 Å². The molecule has 3 aromatic rings. The van der Waals surface area contributed by atoms with Crippen molar-refractivity contribution in [2.75, 3.05) is 38.7 Å². The molecule has 148 valence electrons. The van der Waals surface area contributed by atoms with Crippen molar-refractivity contribution >= 4 is 35.0 Å². The van der Waals surface area contributed by atoms with Crippen molar-refractivity contribution in [3.8, 4) is 5.75 Å². The number of benzene rings is 2. The average Bonchev–Trinajstić information content (AvgIpc) is 3.16. The molecule has 4 rings (SSSR count). The minimum absolute atomic E-state index is 0. The van der Waals surface area contributed by atoms with Gasteiger partial charge in [-0.25, -0.2) is 0 Å². The van der Waals surface area contributed by atoms with Crippen molar-refractivity contribution in [3.05, 3.63) is 59.9 Å². The molecule has 1 N–H and O–H groups in total. The molecule has 0 atom stereocenters. The molecule has 1 amide bonds. The number of furan rings is 1. The van der Waals surface area contributed by atoms with Gasteiger partial charge in [0.2, 0.25) is 0 Å². The van der Waals surface area contributed by atoms with E-state index in [1.807, 2.05) is 42.5 Å². The molecule has 2 aromatic carbocycles. The number of hydrogen-bond donors (Lipinski definition) is 1. The van der Waals surface area contributed by atoms with Gasteiger partial charge in [0.1, 0.15) is 0 Å². The van der Waals surface area contributed by atoms with Crippen LogP contribution in [0.5, 0.6) is 5.75 Å². The van der Waals surface area contributed by atoms with E-state index in [-0.39, 0.29) is 24.1 Å². The second kappa shape index (κ2) is 9.10. The molecule has 1 fully saturated rings. The number of para-hydroxylation sites is 1. The summed E-state index contributed by atoms with van der Waals surface area (Å²) in [4.78, 5) is 14.9. The van der Waals surface area contributed by atoms with Crippen LogP contribution in [-0.2, 0) is 11.3 Å². The first-order chi connectivity index (χ1) is 13.2. The van der Waals surface area contributed by atoms with Crippen molar-refractivity contribution in [1.82, 2.24) is 4.90 Å². The van der Waals surface area contributed by atoms with Crippen LogP contribution >= 0.6 is 12.4 Å². The van der Waals surface area contributed by atoms with E-state index in [1.165, 1.54) is 0 Å². The summed E-state index contributed by atoms with van der Waals surface area (Å²) in [6.45, 7) is 4.06. The number of carbonyl (C=O) groups excluding carboxylic acids is 1. The molecule has 0 unspecified atom stereocenters. The van der Waals surface area contributed by atoms with Crippen LogP contribution in [-0.4, -0.2) is 44.2 Å². The normalized spacial score (nSPS) is 14.5. The van der Waals surface area contributed by atoms with Crippen LogP contribution in [0.25, 0.3) is 11.0 Å². The number of amides is 1. The molecule has 7 heteroatoms. The Kier molecular flexibility index (Phi) is 6.57.